The fraction of sp³-hybridized carbons (Fsp3) is 0.500. The SMILES string of the molecule is NCC1(CNCc2ccccc2Br)COC1. The highest BCUT2D eigenvalue weighted by Gasteiger charge is 2.36. The molecule has 0 aliphatic carbocycles. The molecular weight excluding hydrogens is 268 g/mol. The minimum Gasteiger partial charge on any atom is -0.380 e. The molecule has 3 nitrogen and oxygen atoms in total. The number of nitrogens with one attached hydrogen (secondary N) is 1. The van der Waals surface area contributed by atoms with Crippen molar-refractivity contribution in [2.75, 3.05) is 26.3 Å². The van der Waals surface area contributed by atoms with E-state index < -0.39 is 0 Å². The quantitative estimate of drug-likeness (QED) is 0.862. The van der Waals surface area contributed by atoms with Crippen molar-refractivity contribution in [3.05, 3.63) is 34.3 Å². The van der Waals surface area contributed by atoms with Gasteiger partial charge in [-0.05, 0) is 11.6 Å². The Balaban J connectivity index is 1.82. The van der Waals surface area contributed by atoms with E-state index in [-0.39, 0.29) is 5.41 Å². The molecule has 1 saturated heterocycles. The first-order valence-electron chi connectivity index (χ1n) is 5.48. The first-order valence-corrected chi connectivity index (χ1v) is 6.27. The van der Waals surface area contributed by atoms with E-state index in [0.29, 0.717) is 6.54 Å². The molecule has 1 aliphatic rings. The van der Waals surface area contributed by atoms with Crippen LogP contribution in [0, 0.1) is 5.41 Å². The van der Waals surface area contributed by atoms with Crippen LogP contribution in [0.4, 0.5) is 0 Å². The highest BCUT2D eigenvalue weighted by molar-refractivity contribution is 9.10. The second kappa shape index (κ2) is 5.27. The lowest BCUT2D eigenvalue weighted by atomic mass is 9.86. The summed E-state index contributed by atoms with van der Waals surface area (Å²) >= 11 is 3.54. The van der Waals surface area contributed by atoms with E-state index in [1.165, 1.54) is 5.56 Å². The van der Waals surface area contributed by atoms with E-state index in [0.717, 1.165) is 30.8 Å². The third-order valence-electron chi connectivity index (χ3n) is 3.02. The molecule has 3 N–H and O–H groups in total. The lowest BCUT2D eigenvalue weighted by molar-refractivity contribution is -0.105. The van der Waals surface area contributed by atoms with E-state index in [9.17, 15) is 0 Å². The first-order chi connectivity index (χ1) is 7.76. The third-order valence-corrected chi connectivity index (χ3v) is 3.80. The Labute approximate surface area is 104 Å². The van der Waals surface area contributed by atoms with Crippen LogP contribution in [0.1, 0.15) is 5.56 Å². The maximum atomic E-state index is 5.75. The second-order valence-corrected chi connectivity index (χ2v) is 5.25. The van der Waals surface area contributed by atoms with Gasteiger partial charge in [-0.3, -0.25) is 0 Å². The third kappa shape index (κ3) is 2.63. The molecular formula is C12H17BrN2O. The average Bonchev–Trinajstić information content (AvgIpc) is 2.25. The van der Waals surface area contributed by atoms with Crippen molar-refractivity contribution in [1.82, 2.24) is 5.32 Å². The van der Waals surface area contributed by atoms with Gasteiger partial charge in [-0.15, -0.1) is 0 Å². The van der Waals surface area contributed by atoms with Crippen molar-refractivity contribution in [3.8, 4) is 0 Å². The Hall–Kier alpha value is -0.420. The molecule has 0 aromatic heterocycles. The average molecular weight is 285 g/mol. The molecule has 0 spiro atoms. The molecule has 2 rings (SSSR count). The minimum atomic E-state index is 0.168. The van der Waals surface area contributed by atoms with Crippen LogP contribution in [-0.2, 0) is 11.3 Å². The lowest BCUT2D eigenvalue weighted by Crippen LogP contribution is -2.54. The Morgan fingerprint density at radius 2 is 2.12 bits per heavy atom. The van der Waals surface area contributed by atoms with Gasteiger partial charge in [-0.25, -0.2) is 0 Å². The predicted molar refractivity (Wildman–Crippen MR) is 68.2 cm³/mol. The number of rotatable bonds is 5. The van der Waals surface area contributed by atoms with Crippen LogP contribution in [0.25, 0.3) is 0 Å². The van der Waals surface area contributed by atoms with Crippen molar-refractivity contribution in [3.63, 3.8) is 0 Å². The summed E-state index contributed by atoms with van der Waals surface area (Å²) in [6, 6.07) is 8.24. The largest absolute Gasteiger partial charge is 0.380 e. The van der Waals surface area contributed by atoms with Crippen LogP contribution in [0.3, 0.4) is 0 Å². The van der Waals surface area contributed by atoms with Gasteiger partial charge in [-0.2, -0.15) is 0 Å². The van der Waals surface area contributed by atoms with Gasteiger partial charge in [0.1, 0.15) is 0 Å². The minimum absolute atomic E-state index is 0.168. The van der Waals surface area contributed by atoms with E-state index >= 15 is 0 Å². The molecule has 4 heteroatoms. The zero-order chi connectivity index (χ0) is 11.4. The molecule has 0 unspecified atom stereocenters. The molecule has 1 heterocycles. The number of nitrogens with two attached hydrogens (primary N) is 1. The first kappa shape index (κ1) is 12.0. The molecule has 1 aromatic rings. The van der Waals surface area contributed by atoms with Gasteiger partial charge < -0.3 is 15.8 Å². The lowest BCUT2D eigenvalue weighted by Gasteiger charge is -2.40. The molecule has 0 atom stereocenters. The second-order valence-electron chi connectivity index (χ2n) is 4.39. The maximum absolute atomic E-state index is 5.75. The molecule has 88 valence electrons. The molecule has 0 radical (unpaired) electrons. The van der Waals surface area contributed by atoms with E-state index in [1.54, 1.807) is 0 Å². The van der Waals surface area contributed by atoms with Crippen LogP contribution >= 0.6 is 15.9 Å². The fourth-order valence-electron chi connectivity index (χ4n) is 1.79. The highest BCUT2D eigenvalue weighted by atomic mass is 79.9. The number of halogens is 1. The number of hydrogen-bond donors (Lipinski definition) is 2. The van der Waals surface area contributed by atoms with Gasteiger partial charge >= 0.3 is 0 Å². The monoisotopic (exact) mass is 284 g/mol. The zero-order valence-electron chi connectivity index (χ0n) is 9.21. The molecule has 1 aromatic carbocycles. The van der Waals surface area contributed by atoms with Crippen LogP contribution in [0.2, 0.25) is 0 Å². The number of ether oxygens (including phenoxy) is 1. The van der Waals surface area contributed by atoms with E-state index in [1.807, 2.05) is 12.1 Å². The fourth-order valence-corrected chi connectivity index (χ4v) is 2.21. The maximum Gasteiger partial charge on any atom is 0.0569 e. The Morgan fingerprint density at radius 3 is 2.69 bits per heavy atom. The number of benzene rings is 1. The Morgan fingerprint density at radius 1 is 1.38 bits per heavy atom. The normalized spacial score (nSPS) is 18.1. The van der Waals surface area contributed by atoms with E-state index in [2.05, 4.69) is 33.4 Å². The standard InChI is InChI=1S/C12H17BrN2O/c13-11-4-2-1-3-10(11)5-15-7-12(6-14)8-16-9-12/h1-4,15H,5-9,14H2. The van der Waals surface area contributed by atoms with Crippen LogP contribution in [0.15, 0.2) is 28.7 Å². The smallest absolute Gasteiger partial charge is 0.0569 e. The highest BCUT2D eigenvalue weighted by Crippen LogP contribution is 2.25. The van der Waals surface area contributed by atoms with Crippen molar-refractivity contribution in [1.29, 1.82) is 0 Å². The van der Waals surface area contributed by atoms with Crippen molar-refractivity contribution in [2.24, 2.45) is 11.1 Å². The summed E-state index contributed by atoms with van der Waals surface area (Å²) in [5.41, 5.74) is 7.19. The summed E-state index contributed by atoms with van der Waals surface area (Å²) in [6.45, 7) is 4.04. The van der Waals surface area contributed by atoms with Crippen molar-refractivity contribution >= 4 is 15.9 Å². The summed E-state index contributed by atoms with van der Waals surface area (Å²) in [5.74, 6) is 0. The van der Waals surface area contributed by atoms with Gasteiger partial charge in [-0.1, -0.05) is 34.1 Å². The summed E-state index contributed by atoms with van der Waals surface area (Å²) in [7, 11) is 0. The summed E-state index contributed by atoms with van der Waals surface area (Å²) < 4.78 is 6.37. The van der Waals surface area contributed by atoms with Gasteiger partial charge in [0.2, 0.25) is 0 Å². The van der Waals surface area contributed by atoms with Crippen LogP contribution in [0.5, 0.6) is 0 Å². The summed E-state index contributed by atoms with van der Waals surface area (Å²) in [5, 5.41) is 3.45. The molecule has 1 fully saturated rings. The summed E-state index contributed by atoms with van der Waals surface area (Å²) in [6.07, 6.45) is 0. The van der Waals surface area contributed by atoms with Crippen molar-refractivity contribution < 1.29 is 4.74 Å². The topological polar surface area (TPSA) is 47.3 Å². The van der Waals surface area contributed by atoms with Gasteiger partial charge in [0.05, 0.1) is 13.2 Å². The van der Waals surface area contributed by atoms with Gasteiger partial charge in [0.25, 0.3) is 0 Å². The molecule has 1 aliphatic heterocycles. The van der Waals surface area contributed by atoms with Gasteiger partial charge in [0, 0.05) is 29.5 Å². The van der Waals surface area contributed by atoms with Crippen molar-refractivity contribution in [2.45, 2.75) is 6.54 Å². The number of hydrogen-bond acceptors (Lipinski definition) is 3. The van der Waals surface area contributed by atoms with Gasteiger partial charge in [0.15, 0.2) is 0 Å². The Bertz CT molecular complexity index is 347. The molecule has 0 bridgehead atoms. The Kier molecular flexibility index (Phi) is 3.97. The molecule has 0 amide bonds. The zero-order valence-corrected chi connectivity index (χ0v) is 10.8. The van der Waals surface area contributed by atoms with E-state index in [4.69, 9.17) is 10.5 Å². The molecule has 0 saturated carbocycles. The van der Waals surface area contributed by atoms with Crippen LogP contribution < -0.4 is 11.1 Å². The molecule has 16 heavy (non-hydrogen) atoms. The van der Waals surface area contributed by atoms with Crippen LogP contribution in [-0.4, -0.2) is 26.3 Å². The predicted octanol–water partition coefficient (Wildman–Crippen LogP) is 1.51. The summed E-state index contributed by atoms with van der Waals surface area (Å²) in [4.78, 5) is 0.